The first-order valence-electron chi connectivity index (χ1n) is 5.53. The van der Waals surface area contributed by atoms with Crippen LogP contribution < -0.4 is 5.73 Å². The highest BCUT2D eigenvalue weighted by Gasteiger charge is 2.13. The summed E-state index contributed by atoms with van der Waals surface area (Å²) in [5.74, 6) is -0.925. The number of nitrogens with zero attached hydrogens (tertiary/aromatic N) is 2. The second-order valence-electron chi connectivity index (χ2n) is 4.22. The molecule has 1 heterocycles. The second kappa shape index (κ2) is 4.85. The normalized spacial score (nSPS) is 10.5. The van der Waals surface area contributed by atoms with Gasteiger partial charge in [-0.1, -0.05) is 17.7 Å². The van der Waals surface area contributed by atoms with E-state index in [4.69, 9.17) is 22.4 Å². The van der Waals surface area contributed by atoms with Crippen molar-refractivity contribution in [3.63, 3.8) is 0 Å². The summed E-state index contributed by atoms with van der Waals surface area (Å²) in [4.78, 5) is 19.0. The molecule has 0 saturated carbocycles. The van der Waals surface area contributed by atoms with Gasteiger partial charge in [-0.25, -0.2) is 14.8 Å². The average molecular weight is 278 g/mol. The molecule has 0 radical (unpaired) electrons. The number of rotatable bonds is 2. The van der Waals surface area contributed by atoms with Crippen LogP contribution >= 0.6 is 11.6 Å². The Morgan fingerprint density at radius 1 is 1.21 bits per heavy atom. The lowest BCUT2D eigenvalue weighted by molar-refractivity contribution is 0.0696. The van der Waals surface area contributed by atoms with Crippen molar-refractivity contribution in [2.45, 2.75) is 13.8 Å². The minimum atomic E-state index is -0.980. The van der Waals surface area contributed by atoms with Crippen LogP contribution in [0.1, 0.15) is 21.5 Å². The fraction of sp³-hybridized carbons (Fsp3) is 0.154. The van der Waals surface area contributed by atoms with Crippen molar-refractivity contribution in [3.8, 4) is 11.3 Å². The van der Waals surface area contributed by atoms with Gasteiger partial charge in [0.05, 0.1) is 11.3 Å². The van der Waals surface area contributed by atoms with Crippen LogP contribution in [0.25, 0.3) is 11.3 Å². The van der Waals surface area contributed by atoms with Gasteiger partial charge in [0.2, 0.25) is 5.95 Å². The van der Waals surface area contributed by atoms with Crippen LogP contribution in [0.15, 0.2) is 18.2 Å². The van der Waals surface area contributed by atoms with Gasteiger partial charge in [0, 0.05) is 11.6 Å². The maximum atomic E-state index is 11.2. The molecular weight excluding hydrogens is 266 g/mol. The fourth-order valence-corrected chi connectivity index (χ4v) is 2.12. The SMILES string of the molecule is Cc1cc(C)c(-c2cc(Cl)nc(N)n2)cc1C(=O)O. The number of carboxylic acids is 1. The van der Waals surface area contributed by atoms with Crippen LogP contribution in [0.2, 0.25) is 5.15 Å². The predicted octanol–water partition coefficient (Wildman–Crippen LogP) is 2.69. The quantitative estimate of drug-likeness (QED) is 0.824. The molecular formula is C13H12ClN3O2. The first-order chi connectivity index (χ1) is 8.88. The molecule has 2 rings (SSSR count). The predicted molar refractivity (Wildman–Crippen MR) is 73.3 cm³/mol. The number of nitrogens with two attached hydrogens (primary N) is 1. The summed E-state index contributed by atoms with van der Waals surface area (Å²) in [7, 11) is 0. The van der Waals surface area contributed by atoms with E-state index in [2.05, 4.69) is 9.97 Å². The zero-order valence-corrected chi connectivity index (χ0v) is 11.2. The number of carbonyl (C=O) groups is 1. The molecule has 6 heteroatoms. The molecule has 0 spiro atoms. The molecule has 0 fully saturated rings. The molecule has 0 atom stereocenters. The zero-order valence-electron chi connectivity index (χ0n) is 10.4. The van der Waals surface area contributed by atoms with Crippen molar-refractivity contribution in [1.82, 2.24) is 9.97 Å². The lowest BCUT2D eigenvalue weighted by atomic mass is 9.98. The van der Waals surface area contributed by atoms with Gasteiger partial charge in [-0.05, 0) is 31.0 Å². The largest absolute Gasteiger partial charge is 0.478 e. The molecule has 5 nitrogen and oxygen atoms in total. The number of aryl methyl sites for hydroxylation is 2. The van der Waals surface area contributed by atoms with E-state index in [9.17, 15) is 4.79 Å². The number of hydrogen-bond donors (Lipinski definition) is 2. The minimum Gasteiger partial charge on any atom is -0.478 e. The van der Waals surface area contributed by atoms with E-state index in [1.54, 1.807) is 25.1 Å². The van der Waals surface area contributed by atoms with Gasteiger partial charge in [0.15, 0.2) is 0 Å². The van der Waals surface area contributed by atoms with E-state index in [-0.39, 0.29) is 16.7 Å². The lowest BCUT2D eigenvalue weighted by Crippen LogP contribution is -2.03. The number of benzene rings is 1. The van der Waals surface area contributed by atoms with Crippen LogP contribution in [-0.2, 0) is 0 Å². The highest BCUT2D eigenvalue weighted by molar-refractivity contribution is 6.29. The standard InChI is InChI=1S/C13H12ClN3O2/c1-6-3-7(2)9(12(18)19)4-8(6)10-5-11(14)17-13(15)16-10/h3-5H,1-2H3,(H,18,19)(H2,15,16,17). The van der Waals surface area contributed by atoms with Gasteiger partial charge in [-0.3, -0.25) is 0 Å². The van der Waals surface area contributed by atoms with Gasteiger partial charge < -0.3 is 10.8 Å². The number of anilines is 1. The first-order valence-corrected chi connectivity index (χ1v) is 5.91. The Morgan fingerprint density at radius 2 is 1.89 bits per heavy atom. The highest BCUT2D eigenvalue weighted by Crippen LogP contribution is 2.27. The first kappa shape index (κ1) is 13.3. The van der Waals surface area contributed by atoms with Crippen molar-refractivity contribution in [2.24, 2.45) is 0 Å². The Labute approximate surface area is 115 Å². The molecule has 0 aliphatic carbocycles. The maximum absolute atomic E-state index is 11.2. The molecule has 0 aliphatic heterocycles. The molecule has 1 aromatic carbocycles. The van der Waals surface area contributed by atoms with Crippen molar-refractivity contribution < 1.29 is 9.90 Å². The summed E-state index contributed by atoms with van der Waals surface area (Å²) in [6, 6.07) is 4.93. The van der Waals surface area contributed by atoms with E-state index >= 15 is 0 Å². The Hall–Kier alpha value is -2.14. The van der Waals surface area contributed by atoms with Crippen LogP contribution in [0.3, 0.4) is 0 Å². The smallest absolute Gasteiger partial charge is 0.335 e. The molecule has 98 valence electrons. The molecule has 0 aliphatic rings. The van der Waals surface area contributed by atoms with E-state index in [0.29, 0.717) is 16.8 Å². The molecule has 0 bridgehead atoms. The van der Waals surface area contributed by atoms with Crippen LogP contribution in [0, 0.1) is 13.8 Å². The summed E-state index contributed by atoms with van der Waals surface area (Å²) < 4.78 is 0. The third kappa shape index (κ3) is 2.66. The monoisotopic (exact) mass is 277 g/mol. The molecule has 2 aromatic rings. The van der Waals surface area contributed by atoms with Crippen molar-refractivity contribution in [3.05, 3.63) is 40.0 Å². The molecule has 0 amide bonds. The second-order valence-corrected chi connectivity index (χ2v) is 4.61. The molecule has 0 saturated heterocycles. The minimum absolute atomic E-state index is 0.0550. The number of aromatic nitrogens is 2. The highest BCUT2D eigenvalue weighted by atomic mass is 35.5. The Morgan fingerprint density at radius 3 is 2.47 bits per heavy atom. The third-order valence-electron chi connectivity index (χ3n) is 2.79. The van der Waals surface area contributed by atoms with Crippen LogP contribution in [0.4, 0.5) is 5.95 Å². The van der Waals surface area contributed by atoms with Crippen LogP contribution in [0.5, 0.6) is 0 Å². The Balaban J connectivity index is 2.67. The average Bonchev–Trinajstić information content (AvgIpc) is 2.26. The Bertz CT molecular complexity index is 651. The summed E-state index contributed by atoms with van der Waals surface area (Å²) >= 11 is 5.84. The van der Waals surface area contributed by atoms with Crippen molar-refractivity contribution in [2.75, 3.05) is 5.73 Å². The number of halogens is 1. The molecule has 0 unspecified atom stereocenters. The summed E-state index contributed by atoms with van der Waals surface area (Å²) in [5, 5.41) is 9.38. The number of aromatic carboxylic acids is 1. The van der Waals surface area contributed by atoms with Gasteiger partial charge in [0.1, 0.15) is 5.15 Å². The number of carboxylic acid groups (broad SMARTS) is 1. The van der Waals surface area contributed by atoms with Crippen molar-refractivity contribution >= 4 is 23.5 Å². The summed E-state index contributed by atoms with van der Waals surface area (Å²) in [6.45, 7) is 3.63. The molecule has 3 N–H and O–H groups in total. The van der Waals surface area contributed by atoms with Crippen molar-refractivity contribution in [1.29, 1.82) is 0 Å². The van der Waals surface area contributed by atoms with Gasteiger partial charge in [-0.15, -0.1) is 0 Å². The topological polar surface area (TPSA) is 89.1 Å². The van der Waals surface area contributed by atoms with Crippen LogP contribution in [-0.4, -0.2) is 21.0 Å². The van der Waals surface area contributed by atoms with E-state index in [1.165, 1.54) is 0 Å². The summed E-state index contributed by atoms with van der Waals surface area (Å²) in [5.41, 5.74) is 8.57. The number of hydrogen-bond acceptors (Lipinski definition) is 4. The molecule has 1 aromatic heterocycles. The third-order valence-corrected chi connectivity index (χ3v) is 2.98. The fourth-order valence-electron chi connectivity index (χ4n) is 1.93. The van der Waals surface area contributed by atoms with E-state index in [1.807, 2.05) is 6.92 Å². The van der Waals surface area contributed by atoms with Gasteiger partial charge in [-0.2, -0.15) is 0 Å². The summed E-state index contributed by atoms with van der Waals surface area (Å²) in [6.07, 6.45) is 0. The molecule has 19 heavy (non-hydrogen) atoms. The Kier molecular flexibility index (Phi) is 3.40. The van der Waals surface area contributed by atoms with E-state index < -0.39 is 5.97 Å². The van der Waals surface area contributed by atoms with Gasteiger partial charge in [0.25, 0.3) is 0 Å². The zero-order chi connectivity index (χ0) is 14.2. The van der Waals surface area contributed by atoms with Gasteiger partial charge >= 0.3 is 5.97 Å². The lowest BCUT2D eigenvalue weighted by Gasteiger charge is -2.10. The van der Waals surface area contributed by atoms with E-state index in [0.717, 1.165) is 5.56 Å². The maximum Gasteiger partial charge on any atom is 0.335 e. The number of nitrogen functional groups attached to an aromatic ring is 1.